The lowest BCUT2D eigenvalue weighted by Crippen LogP contribution is -2.22. The number of hydrogen-bond donors (Lipinski definition) is 3. The van der Waals surface area contributed by atoms with Crippen LogP contribution in [-0.4, -0.2) is 30.7 Å². The molecule has 0 saturated heterocycles. The van der Waals surface area contributed by atoms with E-state index in [1.54, 1.807) is 0 Å². The second kappa shape index (κ2) is 4.43. The van der Waals surface area contributed by atoms with Gasteiger partial charge < -0.3 is 11.1 Å². The molecule has 0 bridgehead atoms. The Kier molecular flexibility index (Phi) is 3.13. The molecule has 2 rings (SSSR count). The van der Waals surface area contributed by atoms with Crippen LogP contribution in [0.5, 0.6) is 0 Å². The summed E-state index contributed by atoms with van der Waals surface area (Å²) in [6.45, 7) is 0.181. The number of thiophene rings is 1. The van der Waals surface area contributed by atoms with Crippen LogP contribution in [0.4, 0.5) is 11.8 Å². The van der Waals surface area contributed by atoms with Gasteiger partial charge in [0, 0.05) is 6.54 Å². The smallest absolute Gasteiger partial charge is 0.223 e. The molecule has 0 aliphatic heterocycles. The first-order valence-electron chi connectivity index (χ1n) is 4.71. The number of nitrogens with zero attached hydrogens (tertiary/aromatic N) is 2. The summed E-state index contributed by atoms with van der Waals surface area (Å²) in [4.78, 5) is 8.83. The molecule has 0 amide bonds. The minimum atomic E-state index is -3.48. The van der Waals surface area contributed by atoms with Crippen molar-refractivity contribution in [2.75, 3.05) is 23.3 Å². The Bertz CT molecular complexity index is 636. The lowest BCUT2D eigenvalue weighted by atomic mass is 10.4. The van der Waals surface area contributed by atoms with Crippen LogP contribution < -0.4 is 16.2 Å². The Morgan fingerprint density at radius 3 is 2.88 bits per heavy atom. The molecule has 2 aromatic heterocycles. The number of fused-ring (bicyclic) bond motifs is 1. The number of nitrogens with two attached hydrogens (primary N) is 2. The minimum Gasteiger partial charge on any atom is -0.368 e. The average molecular weight is 273 g/mol. The molecule has 0 atom stereocenters. The molecule has 9 heteroatoms. The predicted molar refractivity (Wildman–Crippen MR) is 68.3 cm³/mol. The molecule has 0 spiro atoms. The molecule has 92 valence electrons. The first kappa shape index (κ1) is 12.0. The maximum atomic E-state index is 10.8. The van der Waals surface area contributed by atoms with Crippen LogP contribution in [0.15, 0.2) is 11.4 Å². The maximum absolute atomic E-state index is 10.8. The van der Waals surface area contributed by atoms with Crippen LogP contribution in [0.1, 0.15) is 0 Å². The van der Waals surface area contributed by atoms with E-state index in [9.17, 15) is 8.42 Å². The number of nitrogen functional groups attached to an aromatic ring is 1. The second-order valence-corrected chi connectivity index (χ2v) is 5.99. The fourth-order valence-electron chi connectivity index (χ4n) is 1.32. The van der Waals surface area contributed by atoms with Crippen LogP contribution in [0.3, 0.4) is 0 Å². The van der Waals surface area contributed by atoms with E-state index in [-0.39, 0.29) is 18.2 Å². The summed E-state index contributed by atoms with van der Waals surface area (Å²) in [6.07, 6.45) is 0. The minimum absolute atomic E-state index is 0.151. The van der Waals surface area contributed by atoms with Crippen molar-refractivity contribution in [1.82, 2.24) is 9.97 Å². The fourth-order valence-corrected chi connectivity index (χ4v) is 2.48. The van der Waals surface area contributed by atoms with Gasteiger partial charge in [-0.05, 0) is 11.4 Å². The zero-order valence-electron chi connectivity index (χ0n) is 8.75. The van der Waals surface area contributed by atoms with E-state index in [1.165, 1.54) is 11.3 Å². The number of rotatable bonds is 4. The third kappa shape index (κ3) is 3.02. The van der Waals surface area contributed by atoms with Gasteiger partial charge in [-0.1, -0.05) is 0 Å². The molecule has 0 aromatic carbocycles. The zero-order valence-corrected chi connectivity index (χ0v) is 10.4. The lowest BCUT2D eigenvalue weighted by Gasteiger charge is -2.06. The average Bonchev–Trinajstić information content (AvgIpc) is 2.63. The van der Waals surface area contributed by atoms with Crippen LogP contribution in [0.2, 0.25) is 0 Å². The van der Waals surface area contributed by atoms with Gasteiger partial charge in [-0.2, -0.15) is 4.98 Å². The molecule has 2 aromatic rings. The molecular formula is C8H11N5O2S2. The van der Waals surface area contributed by atoms with E-state index >= 15 is 0 Å². The van der Waals surface area contributed by atoms with E-state index in [0.29, 0.717) is 5.82 Å². The molecule has 0 aliphatic rings. The number of hydrogen-bond acceptors (Lipinski definition) is 7. The van der Waals surface area contributed by atoms with Gasteiger partial charge in [0.05, 0.1) is 11.1 Å². The van der Waals surface area contributed by atoms with Gasteiger partial charge in [-0.25, -0.2) is 18.5 Å². The molecule has 0 unspecified atom stereocenters. The third-order valence-electron chi connectivity index (χ3n) is 2.02. The molecule has 0 aliphatic carbocycles. The molecule has 0 radical (unpaired) electrons. The highest BCUT2D eigenvalue weighted by Crippen LogP contribution is 2.25. The van der Waals surface area contributed by atoms with Crippen molar-refractivity contribution < 1.29 is 8.42 Å². The molecule has 5 N–H and O–H groups in total. The van der Waals surface area contributed by atoms with Gasteiger partial charge in [0.1, 0.15) is 10.6 Å². The van der Waals surface area contributed by atoms with E-state index in [1.807, 2.05) is 11.4 Å². The van der Waals surface area contributed by atoms with Crippen molar-refractivity contribution in [3.63, 3.8) is 0 Å². The highest BCUT2D eigenvalue weighted by molar-refractivity contribution is 7.89. The number of nitrogens with one attached hydrogen (secondary N) is 1. The summed E-state index contributed by atoms with van der Waals surface area (Å²) in [6, 6.07) is 1.85. The Hall–Kier alpha value is -1.45. The van der Waals surface area contributed by atoms with Crippen LogP contribution in [0, 0.1) is 0 Å². The van der Waals surface area contributed by atoms with Gasteiger partial charge in [0.25, 0.3) is 0 Å². The van der Waals surface area contributed by atoms with E-state index in [2.05, 4.69) is 15.3 Å². The normalized spacial score (nSPS) is 11.8. The van der Waals surface area contributed by atoms with E-state index in [0.717, 1.165) is 10.2 Å². The molecule has 0 saturated carbocycles. The number of primary sulfonamides is 1. The van der Waals surface area contributed by atoms with Crippen LogP contribution in [-0.2, 0) is 10.0 Å². The van der Waals surface area contributed by atoms with E-state index < -0.39 is 10.0 Å². The van der Waals surface area contributed by atoms with Crippen molar-refractivity contribution in [2.24, 2.45) is 5.14 Å². The predicted octanol–water partition coefficient (Wildman–Crippen LogP) is -0.0261. The maximum Gasteiger partial charge on any atom is 0.223 e. The molecule has 7 nitrogen and oxygen atoms in total. The standard InChI is InChI=1S/C8H11N5O2S2/c9-8-12-6(11-2-4-17(10,14)15)5-1-3-16-7(5)13-8/h1,3H,2,4H2,(H2,10,14,15)(H3,9,11,12,13). The van der Waals surface area contributed by atoms with Crippen molar-refractivity contribution >= 4 is 43.3 Å². The van der Waals surface area contributed by atoms with Gasteiger partial charge >= 0.3 is 0 Å². The monoisotopic (exact) mass is 273 g/mol. The van der Waals surface area contributed by atoms with Crippen molar-refractivity contribution in [1.29, 1.82) is 0 Å². The van der Waals surface area contributed by atoms with Crippen molar-refractivity contribution in [3.8, 4) is 0 Å². The highest BCUT2D eigenvalue weighted by Gasteiger charge is 2.08. The fraction of sp³-hybridized carbons (Fsp3) is 0.250. The third-order valence-corrected chi connectivity index (χ3v) is 3.60. The SMILES string of the molecule is Nc1nc(NCCS(N)(=O)=O)c2ccsc2n1. The Morgan fingerprint density at radius 2 is 2.18 bits per heavy atom. The highest BCUT2D eigenvalue weighted by atomic mass is 32.2. The summed E-state index contributed by atoms with van der Waals surface area (Å²) in [5, 5.41) is 10.5. The summed E-state index contributed by atoms with van der Waals surface area (Å²) < 4.78 is 21.6. The molecule has 17 heavy (non-hydrogen) atoms. The Balaban J connectivity index is 2.20. The van der Waals surface area contributed by atoms with E-state index in [4.69, 9.17) is 10.9 Å². The summed E-state index contributed by atoms with van der Waals surface area (Å²) in [5.41, 5.74) is 5.54. The lowest BCUT2D eigenvalue weighted by molar-refractivity contribution is 0.598. The van der Waals surface area contributed by atoms with Gasteiger partial charge in [-0.15, -0.1) is 11.3 Å². The largest absolute Gasteiger partial charge is 0.368 e. The topological polar surface area (TPSA) is 124 Å². The van der Waals surface area contributed by atoms with Gasteiger partial charge in [0.15, 0.2) is 0 Å². The molecule has 2 heterocycles. The Morgan fingerprint density at radius 1 is 1.41 bits per heavy atom. The first-order chi connectivity index (χ1) is 7.96. The van der Waals surface area contributed by atoms with Gasteiger partial charge in [0.2, 0.25) is 16.0 Å². The summed E-state index contributed by atoms with van der Waals surface area (Å²) in [5.74, 6) is 0.512. The van der Waals surface area contributed by atoms with Crippen LogP contribution >= 0.6 is 11.3 Å². The van der Waals surface area contributed by atoms with Gasteiger partial charge in [-0.3, -0.25) is 0 Å². The van der Waals surface area contributed by atoms with Crippen molar-refractivity contribution in [3.05, 3.63) is 11.4 Å². The summed E-state index contributed by atoms with van der Waals surface area (Å²) in [7, 11) is -3.48. The van der Waals surface area contributed by atoms with Crippen LogP contribution in [0.25, 0.3) is 10.2 Å². The summed E-state index contributed by atoms with van der Waals surface area (Å²) >= 11 is 1.44. The molecule has 0 fully saturated rings. The number of sulfonamides is 1. The Labute approximate surface area is 102 Å². The quantitative estimate of drug-likeness (QED) is 0.718. The second-order valence-electron chi connectivity index (χ2n) is 3.36. The van der Waals surface area contributed by atoms with Crippen molar-refractivity contribution in [2.45, 2.75) is 0 Å². The zero-order chi connectivity index (χ0) is 12.5. The number of anilines is 2. The number of aromatic nitrogens is 2. The first-order valence-corrected chi connectivity index (χ1v) is 7.30. The molecular weight excluding hydrogens is 262 g/mol.